The highest BCUT2D eigenvalue weighted by Crippen LogP contribution is 2.44. The Balaban J connectivity index is 2.80. The first-order chi connectivity index (χ1) is 9.25. The molecule has 0 aliphatic rings. The predicted octanol–water partition coefficient (Wildman–Crippen LogP) is 3.62. The van der Waals surface area contributed by atoms with Crippen molar-refractivity contribution in [3.8, 4) is 0 Å². The highest BCUT2D eigenvalue weighted by atomic mass is 35.5. The molecular weight excluding hydrogens is 307 g/mol. The third-order valence-electron chi connectivity index (χ3n) is 2.55. The zero-order valence-corrected chi connectivity index (χ0v) is 12.7. The molecule has 0 saturated carbocycles. The van der Waals surface area contributed by atoms with Crippen LogP contribution in [0, 0.1) is 10.1 Å². The Morgan fingerprint density at radius 1 is 1.60 bits per heavy atom. The minimum absolute atomic E-state index is 0.112. The zero-order chi connectivity index (χ0) is 15.3. The molecule has 112 valence electrons. The van der Waals surface area contributed by atoms with Gasteiger partial charge in [0.1, 0.15) is 12.0 Å². The van der Waals surface area contributed by atoms with Crippen molar-refractivity contribution in [2.24, 2.45) is 0 Å². The second-order valence-electron chi connectivity index (χ2n) is 4.22. The van der Waals surface area contributed by atoms with Crippen LogP contribution in [0.4, 0.5) is 11.4 Å². The van der Waals surface area contributed by atoms with E-state index in [0.29, 0.717) is 6.42 Å². The van der Waals surface area contributed by atoms with E-state index >= 15 is 0 Å². The number of hydrogen-bond donors (Lipinski definition) is 2. The second kappa shape index (κ2) is 7.04. The maximum absolute atomic E-state index is 11.8. The van der Waals surface area contributed by atoms with Gasteiger partial charge in [0.15, 0.2) is 0 Å². The molecule has 1 aromatic carbocycles. The molecule has 0 fully saturated rings. The van der Waals surface area contributed by atoms with Crippen molar-refractivity contribution < 1.29 is 18.9 Å². The molecule has 0 aromatic heterocycles. The summed E-state index contributed by atoms with van der Waals surface area (Å²) < 4.78 is 16.8. The lowest BCUT2D eigenvalue weighted by molar-refractivity contribution is -0.383. The standard InChI is InChI=1S/C11H16ClN2O5P/c1-3-8(2)19-20(17,18)7-13-10-5-4-9(12)6-11(10)14(15)16/h4-6,8,13H,3,7H2,1-2H3,(H,17,18). The highest BCUT2D eigenvalue weighted by Gasteiger charge is 2.24. The number of anilines is 1. The summed E-state index contributed by atoms with van der Waals surface area (Å²) in [5.74, 6) is 0. The Hall–Kier alpha value is -1.14. The van der Waals surface area contributed by atoms with E-state index in [9.17, 15) is 19.6 Å². The summed E-state index contributed by atoms with van der Waals surface area (Å²) in [6.07, 6.45) is -0.196. The number of benzene rings is 1. The van der Waals surface area contributed by atoms with Gasteiger partial charge in [0.25, 0.3) is 5.69 Å². The third-order valence-corrected chi connectivity index (χ3v) is 4.03. The molecule has 0 amide bonds. The lowest BCUT2D eigenvalue weighted by atomic mass is 10.3. The van der Waals surface area contributed by atoms with Gasteiger partial charge in [0.2, 0.25) is 0 Å². The molecule has 0 saturated heterocycles. The Bertz CT molecular complexity index is 540. The van der Waals surface area contributed by atoms with Crippen LogP contribution in [0.5, 0.6) is 0 Å². The van der Waals surface area contributed by atoms with Crippen molar-refractivity contribution in [2.45, 2.75) is 26.4 Å². The quantitative estimate of drug-likeness (QED) is 0.451. The Kier molecular flexibility index (Phi) is 5.95. The normalized spacial score (nSPS) is 15.4. The van der Waals surface area contributed by atoms with Crippen molar-refractivity contribution in [1.82, 2.24) is 0 Å². The molecule has 0 radical (unpaired) electrons. The smallest absolute Gasteiger partial charge is 0.347 e. The first-order valence-corrected chi connectivity index (χ1v) is 8.07. The van der Waals surface area contributed by atoms with Crippen molar-refractivity contribution in [3.63, 3.8) is 0 Å². The summed E-state index contributed by atoms with van der Waals surface area (Å²) in [5, 5.41) is 13.6. The van der Waals surface area contributed by atoms with E-state index in [1.165, 1.54) is 18.2 Å². The van der Waals surface area contributed by atoms with Gasteiger partial charge in [-0.3, -0.25) is 14.7 Å². The van der Waals surface area contributed by atoms with E-state index in [4.69, 9.17) is 16.1 Å². The maximum Gasteiger partial charge on any atom is 0.347 e. The number of halogens is 1. The molecular formula is C11H16ClN2O5P. The summed E-state index contributed by atoms with van der Waals surface area (Å²) in [6.45, 7) is 3.50. The van der Waals surface area contributed by atoms with Gasteiger partial charge in [-0.15, -0.1) is 0 Å². The fourth-order valence-corrected chi connectivity index (χ4v) is 2.71. The molecule has 1 aromatic rings. The first kappa shape index (κ1) is 16.9. The first-order valence-electron chi connectivity index (χ1n) is 5.93. The molecule has 0 aliphatic heterocycles. The van der Waals surface area contributed by atoms with E-state index in [1.807, 2.05) is 6.92 Å². The van der Waals surface area contributed by atoms with Crippen molar-refractivity contribution in [1.29, 1.82) is 0 Å². The van der Waals surface area contributed by atoms with Crippen LogP contribution in [0.25, 0.3) is 0 Å². The SMILES string of the molecule is CCC(C)OP(=O)(O)CNc1ccc(Cl)cc1[N+](=O)[O-]. The maximum atomic E-state index is 11.8. The molecule has 2 unspecified atom stereocenters. The van der Waals surface area contributed by atoms with Crippen LogP contribution in [0.1, 0.15) is 20.3 Å². The molecule has 2 N–H and O–H groups in total. The largest absolute Gasteiger partial charge is 0.368 e. The van der Waals surface area contributed by atoms with Crippen LogP contribution < -0.4 is 5.32 Å². The van der Waals surface area contributed by atoms with Crippen LogP contribution >= 0.6 is 19.2 Å². The van der Waals surface area contributed by atoms with E-state index in [1.54, 1.807) is 6.92 Å². The van der Waals surface area contributed by atoms with Crippen molar-refractivity contribution in [2.75, 3.05) is 11.6 Å². The lowest BCUT2D eigenvalue weighted by Crippen LogP contribution is -2.11. The van der Waals surface area contributed by atoms with Crippen LogP contribution in [-0.4, -0.2) is 22.2 Å². The van der Waals surface area contributed by atoms with Crippen LogP contribution in [0.3, 0.4) is 0 Å². The Morgan fingerprint density at radius 2 is 2.25 bits per heavy atom. The number of nitrogens with one attached hydrogen (secondary N) is 1. The van der Waals surface area contributed by atoms with E-state index in [2.05, 4.69) is 5.32 Å². The summed E-state index contributed by atoms with van der Waals surface area (Å²) in [5.41, 5.74) is -0.150. The number of nitro groups is 1. The van der Waals surface area contributed by atoms with E-state index < -0.39 is 18.8 Å². The Labute approximate surface area is 121 Å². The van der Waals surface area contributed by atoms with Crippen LogP contribution in [0.15, 0.2) is 18.2 Å². The summed E-state index contributed by atoms with van der Waals surface area (Å²) >= 11 is 5.68. The molecule has 20 heavy (non-hydrogen) atoms. The van der Waals surface area contributed by atoms with Gasteiger partial charge >= 0.3 is 7.60 Å². The van der Waals surface area contributed by atoms with Crippen molar-refractivity contribution in [3.05, 3.63) is 33.3 Å². The minimum atomic E-state index is -3.86. The molecule has 7 nitrogen and oxygen atoms in total. The Morgan fingerprint density at radius 3 is 2.80 bits per heavy atom. The molecule has 1 rings (SSSR count). The second-order valence-corrected chi connectivity index (χ2v) is 6.45. The lowest BCUT2D eigenvalue weighted by Gasteiger charge is -2.17. The van der Waals surface area contributed by atoms with Crippen LogP contribution in [0.2, 0.25) is 5.02 Å². The van der Waals surface area contributed by atoms with Gasteiger partial charge in [0.05, 0.1) is 11.0 Å². The number of nitro benzene ring substituents is 1. The molecule has 0 bridgehead atoms. The van der Waals surface area contributed by atoms with Gasteiger partial charge in [0, 0.05) is 11.1 Å². The number of hydrogen-bond acceptors (Lipinski definition) is 5. The monoisotopic (exact) mass is 322 g/mol. The molecule has 0 aliphatic carbocycles. The molecule has 0 spiro atoms. The van der Waals surface area contributed by atoms with Gasteiger partial charge in [-0.25, -0.2) is 0 Å². The molecule has 0 heterocycles. The fraction of sp³-hybridized carbons (Fsp3) is 0.455. The van der Waals surface area contributed by atoms with Gasteiger partial charge in [-0.05, 0) is 25.5 Å². The highest BCUT2D eigenvalue weighted by molar-refractivity contribution is 7.52. The van der Waals surface area contributed by atoms with E-state index in [-0.39, 0.29) is 22.5 Å². The molecule has 9 heteroatoms. The van der Waals surface area contributed by atoms with Gasteiger partial charge in [-0.2, -0.15) is 0 Å². The van der Waals surface area contributed by atoms with Gasteiger partial charge in [-0.1, -0.05) is 18.5 Å². The minimum Gasteiger partial charge on any atom is -0.368 e. The summed E-state index contributed by atoms with van der Waals surface area (Å²) in [7, 11) is -3.86. The summed E-state index contributed by atoms with van der Waals surface area (Å²) in [6, 6.07) is 4.00. The average molecular weight is 323 g/mol. The van der Waals surface area contributed by atoms with E-state index in [0.717, 1.165) is 0 Å². The topological polar surface area (TPSA) is 102 Å². The zero-order valence-electron chi connectivity index (χ0n) is 11.1. The predicted molar refractivity (Wildman–Crippen MR) is 77.3 cm³/mol. The number of nitrogens with zero attached hydrogens (tertiary/aromatic N) is 1. The molecule has 2 atom stereocenters. The average Bonchev–Trinajstić information content (AvgIpc) is 2.36. The van der Waals surface area contributed by atoms with Crippen molar-refractivity contribution >= 4 is 30.6 Å². The fourth-order valence-electron chi connectivity index (χ4n) is 1.38. The van der Waals surface area contributed by atoms with Crippen LogP contribution in [-0.2, 0) is 9.09 Å². The number of rotatable bonds is 7. The third kappa shape index (κ3) is 5.09. The van der Waals surface area contributed by atoms with Gasteiger partial charge < -0.3 is 14.7 Å². The summed E-state index contributed by atoms with van der Waals surface area (Å²) in [4.78, 5) is 19.9.